The minimum absolute atomic E-state index is 0.148. The van der Waals surface area contributed by atoms with E-state index in [0.29, 0.717) is 24.6 Å². The van der Waals surface area contributed by atoms with Crippen LogP contribution in [0.2, 0.25) is 0 Å². The topological polar surface area (TPSA) is 86.9 Å². The van der Waals surface area contributed by atoms with Crippen LogP contribution in [-0.4, -0.2) is 31.7 Å². The Bertz CT molecular complexity index is 546. The van der Waals surface area contributed by atoms with Crippen LogP contribution in [0.3, 0.4) is 0 Å². The molecule has 114 valence electrons. The van der Waals surface area contributed by atoms with E-state index in [2.05, 4.69) is 34.1 Å². The summed E-state index contributed by atoms with van der Waals surface area (Å²) in [5, 5.41) is 9.75. The van der Waals surface area contributed by atoms with Crippen molar-refractivity contribution in [1.82, 2.24) is 20.2 Å². The first-order valence-electron chi connectivity index (χ1n) is 7.14. The molecule has 20 heavy (non-hydrogen) atoms. The van der Waals surface area contributed by atoms with E-state index >= 15 is 0 Å². The molecule has 1 aromatic heterocycles. The molecule has 0 atom stereocenters. The smallest absolute Gasteiger partial charge is 0.257 e. The molecule has 1 saturated carbocycles. The fourth-order valence-corrected chi connectivity index (χ4v) is 3.61. The van der Waals surface area contributed by atoms with Crippen molar-refractivity contribution in [2.75, 3.05) is 13.1 Å². The SMILES string of the molecule is CCNCc1cn[nH]c1S(=O)(=O)NCC1(C(C)C)CC1. The molecule has 7 heteroatoms. The molecule has 2 rings (SSSR count). The van der Waals surface area contributed by atoms with Gasteiger partial charge in [0.15, 0.2) is 5.03 Å². The Labute approximate surface area is 120 Å². The van der Waals surface area contributed by atoms with Crippen LogP contribution in [0, 0.1) is 11.3 Å². The molecule has 1 heterocycles. The predicted octanol–water partition coefficient (Wildman–Crippen LogP) is 1.23. The van der Waals surface area contributed by atoms with Crippen LogP contribution in [0.25, 0.3) is 0 Å². The summed E-state index contributed by atoms with van der Waals surface area (Å²) in [5.41, 5.74) is 0.823. The summed E-state index contributed by atoms with van der Waals surface area (Å²) >= 11 is 0. The van der Waals surface area contributed by atoms with E-state index in [9.17, 15) is 8.42 Å². The second kappa shape index (κ2) is 5.83. The molecule has 0 bridgehead atoms. The number of aromatic nitrogens is 2. The van der Waals surface area contributed by atoms with Crippen LogP contribution >= 0.6 is 0 Å². The van der Waals surface area contributed by atoms with Gasteiger partial charge in [-0.15, -0.1) is 0 Å². The zero-order chi connectivity index (χ0) is 14.8. The van der Waals surface area contributed by atoms with Crippen molar-refractivity contribution in [2.24, 2.45) is 11.3 Å². The van der Waals surface area contributed by atoms with Gasteiger partial charge in [0.1, 0.15) is 0 Å². The molecule has 0 saturated heterocycles. The molecule has 0 amide bonds. The Morgan fingerprint density at radius 2 is 2.15 bits per heavy atom. The van der Waals surface area contributed by atoms with Crippen molar-refractivity contribution >= 4 is 10.0 Å². The van der Waals surface area contributed by atoms with Crippen LogP contribution in [0.1, 0.15) is 39.2 Å². The van der Waals surface area contributed by atoms with Gasteiger partial charge in [-0.2, -0.15) is 5.10 Å². The van der Waals surface area contributed by atoms with Crippen molar-refractivity contribution < 1.29 is 8.42 Å². The lowest BCUT2D eigenvalue weighted by Gasteiger charge is -2.19. The van der Waals surface area contributed by atoms with E-state index < -0.39 is 10.0 Å². The number of hydrogen-bond acceptors (Lipinski definition) is 4. The summed E-state index contributed by atoms with van der Waals surface area (Å²) in [6.45, 7) is 8.06. The molecule has 1 fully saturated rings. The van der Waals surface area contributed by atoms with Crippen LogP contribution < -0.4 is 10.0 Å². The molecular formula is C13H24N4O2S. The Kier molecular flexibility index (Phi) is 4.51. The summed E-state index contributed by atoms with van der Waals surface area (Å²) in [6.07, 6.45) is 3.76. The van der Waals surface area contributed by atoms with Crippen LogP contribution in [-0.2, 0) is 16.6 Å². The third-order valence-electron chi connectivity index (χ3n) is 4.24. The van der Waals surface area contributed by atoms with Crippen molar-refractivity contribution in [3.8, 4) is 0 Å². The summed E-state index contributed by atoms with van der Waals surface area (Å²) < 4.78 is 27.5. The minimum atomic E-state index is -3.51. The molecule has 1 aromatic rings. The van der Waals surface area contributed by atoms with Gasteiger partial charge >= 0.3 is 0 Å². The summed E-state index contributed by atoms with van der Waals surface area (Å²) in [4.78, 5) is 0. The number of H-pyrrole nitrogens is 1. The number of sulfonamides is 1. The minimum Gasteiger partial charge on any atom is -0.313 e. The summed E-state index contributed by atoms with van der Waals surface area (Å²) in [7, 11) is -3.51. The Morgan fingerprint density at radius 3 is 2.70 bits per heavy atom. The van der Waals surface area contributed by atoms with Gasteiger partial charge in [-0.1, -0.05) is 20.8 Å². The second-order valence-electron chi connectivity index (χ2n) is 5.85. The molecule has 1 aliphatic carbocycles. The standard InChI is InChI=1S/C13H24N4O2S/c1-4-14-7-11-8-15-17-12(11)20(18,19)16-9-13(5-6-13)10(2)3/h8,10,14,16H,4-7,9H2,1-3H3,(H,15,17). The van der Waals surface area contributed by atoms with Crippen LogP contribution in [0.15, 0.2) is 11.2 Å². The maximum absolute atomic E-state index is 12.4. The molecule has 6 nitrogen and oxygen atoms in total. The molecule has 0 spiro atoms. The zero-order valence-corrected chi connectivity index (χ0v) is 13.2. The highest BCUT2D eigenvalue weighted by molar-refractivity contribution is 7.89. The van der Waals surface area contributed by atoms with Crippen molar-refractivity contribution in [1.29, 1.82) is 0 Å². The van der Waals surface area contributed by atoms with Crippen molar-refractivity contribution in [3.63, 3.8) is 0 Å². The Hall–Kier alpha value is -0.920. The Morgan fingerprint density at radius 1 is 1.45 bits per heavy atom. The zero-order valence-electron chi connectivity index (χ0n) is 12.4. The molecule has 1 aliphatic rings. The van der Waals surface area contributed by atoms with E-state index in [-0.39, 0.29) is 10.4 Å². The number of nitrogens with zero attached hydrogens (tertiary/aromatic N) is 1. The van der Waals surface area contributed by atoms with E-state index in [0.717, 1.165) is 19.4 Å². The number of hydrogen-bond donors (Lipinski definition) is 3. The number of aromatic amines is 1. The van der Waals surface area contributed by atoms with E-state index in [1.165, 1.54) is 0 Å². The molecular weight excluding hydrogens is 276 g/mol. The summed E-state index contributed by atoms with van der Waals surface area (Å²) in [5.74, 6) is 0.494. The molecule has 3 N–H and O–H groups in total. The van der Waals surface area contributed by atoms with Crippen molar-refractivity contribution in [3.05, 3.63) is 11.8 Å². The Balaban J connectivity index is 2.05. The maximum atomic E-state index is 12.4. The first kappa shape index (κ1) is 15.5. The van der Waals surface area contributed by atoms with E-state index in [4.69, 9.17) is 0 Å². The summed E-state index contributed by atoms with van der Waals surface area (Å²) in [6, 6.07) is 0. The number of rotatable bonds is 8. The van der Waals surface area contributed by atoms with Gasteiger partial charge in [0, 0.05) is 18.7 Å². The molecule has 0 radical (unpaired) electrons. The van der Waals surface area contributed by atoms with E-state index in [1.807, 2.05) is 6.92 Å². The number of nitrogens with one attached hydrogen (secondary N) is 3. The monoisotopic (exact) mass is 300 g/mol. The lowest BCUT2D eigenvalue weighted by Crippen LogP contribution is -2.33. The normalized spacial score (nSPS) is 17.6. The lowest BCUT2D eigenvalue weighted by atomic mass is 9.93. The largest absolute Gasteiger partial charge is 0.313 e. The van der Waals surface area contributed by atoms with Gasteiger partial charge < -0.3 is 5.32 Å². The third-order valence-corrected chi connectivity index (χ3v) is 5.66. The fourth-order valence-electron chi connectivity index (χ4n) is 2.35. The lowest BCUT2D eigenvalue weighted by molar-refractivity contribution is 0.357. The van der Waals surface area contributed by atoms with Crippen molar-refractivity contribution in [2.45, 2.75) is 45.2 Å². The van der Waals surface area contributed by atoms with Crippen LogP contribution in [0.4, 0.5) is 0 Å². The molecule has 0 aliphatic heterocycles. The van der Waals surface area contributed by atoms with Gasteiger partial charge in [0.05, 0.1) is 6.20 Å². The van der Waals surface area contributed by atoms with Gasteiger partial charge in [0.25, 0.3) is 10.0 Å². The third kappa shape index (κ3) is 3.21. The highest BCUT2D eigenvalue weighted by Gasteiger charge is 2.45. The first-order chi connectivity index (χ1) is 9.41. The molecule has 0 unspecified atom stereocenters. The van der Waals surface area contributed by atoms with E-state index in [1.54, 1.807) is 6.20 Å². The van der Waals surface area contributed by atoms with Gasteiger partial charge in [-0.05, 0) is 30.7 Å². The first-order valence-corrected chi connectivity index (χ1v) is 8.62. The average molecular weight is 300 g/mol. The molecule has 0 aromatic carbocycles. The fraction of sp³-hybridized carbons (Fsp3) is 0.769. The maximum Gasteiger partial charge on any atom is 0.257 e. The van der Waals surface area contributed by atoms with Crippen LogP contribution in [0.5, 0.6) is 0 Å². The average Bonchev–Trinajstić information content (AvgIpc) is 3.05. The quantitative estimate of drug-likeness (QED) is 0.674. The predicted molar refractivity (Wildman–Crippen MR) is 77.7 cm³/mol. The second-order valence-corrected chi connectivity index (χ2v) is 7.55. The highest BCUT2D eigenvalue weighted by Crippen LogP contribution is 2.51. The van der Waals surface area contributed by atoms with Gasteiger partial charge in [-0.3, -0.25) is 5.10 Å². The van der Waals surface area contributed by atoms with Gasteiger partial charge in [-0.25, -0.2) is 13.1 Å². The highest BCUT2D eigenvalue weighted by atomic mass is 32.2. The van der Waals surface area contributed by atoms with Gasteiger partial charge in [0.2, 0.25) is 0 Å².